The average molecular weight is 264 g/mol. The van der Waals surface area contributed by atoms with Crippen LogP contribution in [0.1, 0.15) is 25.5 Å². The molecule has 0 spiro atoms. The quantitative estimate of drug-likeness (QED) is 0.619. The molecule has 1 heterocycles. The van der Waals surface area contributed by atoms with E-state index in [1.807, 2.05) is 18.2 Å². The normalized spacial score (nSPS) is 30.9. The number of benzene rings is 1. The minimum atomic E-state index is -0.227. The summed E-state index contributed by atoms with van der Waals surface area (Å²) in [6, 6.07) is 10.5. The fourth-order valence-electron chi connectivity index (χ4n) is 2.50. The molecule has 1 aromatic rings. The lowest BCUT2D eigenvalue weighted by Gasteiger charge is -2.45. The lowest BCUT2D eigenvalue weighted by molar-refractivity contribution is -0.958. The van der Waals surface area contributed by atoms with Crippen molar-refractivity contribution in [1.82, 2.24) is 0 Å². The van der Waals surface area contributed by atoms with Gasteiger partial charge in [-0.25, -0.2) is 0 Å². The number of ether oxygens (including phenoxy) is 2. The molecule has 1 fully saturated rings. The highest BCUT2D eigenvalue weighted by molar-refractivity contribution is 5.65. The number of hydrogen-bond donors (Lipinski definition) is 0. The maximum Gasteiger partial charge on any atom is 0.306 e. The molecular formula is C15H22NO3+. The Morgan fingerprint density at radius 2 is 2.11 bits per heavy atom. The van der Waals surface area contributed by atoms with E-state index in [0.29, 0.717) is 17.8 Å². The first kappa shape index (κ1) is 14.0. The van der Waals surface area contributed by atoms with Crippen LogP contribution in [0.2, 0.25) is 0 Å². The predicted octanol–water partition coefficient (Wildman–Crippen LogP) is 2.11. The van der Waals surface area contributed by atoms with Gasteiger partial charge in [0.25, 0.3) is 0 Å². The van der Waals surface area contributed by atoms with E-state index in [4.69, 9.17) is 9.47 Å². The highest BCUT2D eigenvalue weighted by Crippen LogP contribution is 2.32. The zero-order chi connectivity index (χ0) is 13.9. The zero-order valence-corrected chi connectivity index (χ0v) is 11.8. The minimum absolute atomic E-state index is 0.0514. The minimum Gasteiger partial charge on any atom is -0.415 e. The molecule has 0 saturated carbocycles. The number of rotatable bonds is 3. The summed E-state index contributed by atoms with van der Waals surface area (Å²) in [4.78, 5) is 11.0. The average Bonchev–Trinajstić information content (AvgIpc) is 2.41. The number of morpholine rings is 1. The van der Waals surface area contributed by atoms with Gasteiger partial charge in [0, 0.05) is 6.92 Å². The van der Waals surface area contributed by atoms with E-state index >= 15 is 0 Å². The van der Waals surface area contributed by atoms with Crippen molar-refractivity contribution in [2.45, 2.75) is 26.0 Å². The molecule has 3 unspecified atom stereocenters. The summed E-state index contributed by atoms with van der Waals surface area (Å²) < 4.78 is 11.8. The van der Waals surface area contributed by atoms with E-state index in [1.165, 1.54) is 12.5 Å². The van der Waals surface area contributed by atoms with Crippen molar-refractivity contribution < 1.29 is 18.8 Å². The zero-order valence-electron chi connectivity index (χ0n) is 11.8. The second-order valence-electron chi connectivity index (χ2n) is 5.41. The maximum atomic E-state index is 11.0. The molecule has 0 amide bonds. The van der Waals surface area contributed by atoms with E-state index in [-0.39, 0.29) is 18.1 Å². The van der Waals surface area contributed by atoms with Gasteiger partial charge < -0.3 is 9.47 Å². The van der Waals surface area contributed by atoms with Gasteiger partial charge in [-0.3, -0.25) is 9.28 Å². The molecule has 104 valence electrons. The fraction of sp³-hybridized carbons (Fsp3) is 0.533. The van der Waals surface area contributed by atoms with Gasteiger partial charge in [0.05, 0.1) is 13.7 Å². The number of quaternary nitrogens is 1. The van der Waals surface area contributed by atoms with E-state index in [9.17, 15) is 4.79 Å². The van der Waals surface area contributed by atoms with Crippen molar-refractivity contribution in [1.29, 1.82) is 0 Å². The molecule has 4 nitrogen and oxygen atoms in total. The maximum absolute atomic E-state index is 11.0. The van der Waals surface area contributed by atoms with Gasteiger partial charge in [-0.1, -0.05) is 30.3 Å². The van der Waals surface area contributed by atoms with Crippen molar-refractivity contribution in [3.63, 3.8) is 0 Å². The Labute approximate surface area is 114 Å². The molecule has 2 rings (SSSR count). The smallest absolute Gasteiger partial charge is 0.306 e. The van der Waals surface area contributed by atoms with E-state index in [2.05, 4.69) is 26.1 Å². The largest absolute Gasteiger partial charge is 0.415 e. The Morgan fingerprint density at radius 1 is 1.42 bits per heavy atom. The number of nitrogens with zero attached hydrogens (tertiary/aromatic N) is 1. The number of esters is 1. The Hall–Kier alpha value is -1.39. The van der Waals surface area contributed by atoms with Crippen molar-refractivity contribution in [3.8, 4) is 0 Å². The van der Waals surface area contributed by atoms with Gasteiger partial charge in [0.15, 0.2) is 0 Å². The molecule has 1 aliphatic heterocycles. The molecule has 1 saturated heterocycles. The van der Waals surface area contributed by atoms with Crippen LogP contribution in [0, 0.1) is 0 Å². The molecule has 3 atom stereocenters. The Balaban J connectivity index is 2.13. The van der Waals surface area contributed by atoms with Crippen molar-refractivity contribution in [2.75, 3.05) is 26.9 Å². The summed E-state index contributed by atoms with van der Waals surface area (Å²) in [6.07, 6.45) is 0.0514. The summed E-state index contributed by atoms with van der Waals surface area (Å²) in [6.45, 7) is 5.55. The SMILES string of the molecule is CC(=O)OC[N+]1(C)CCOC(c2ccccc2)C1C. The third-order valence-electron chi connectivity index (χ3n) is 4.01. The monoisotopic (exact) mass is 264 g/mol. The van der Waals surface area contributed by atoms with Gasteiger partial charge >= 0.3 is 5.97 Å². The van der Waals surface area contributed by atoms with Crippen LogP contribution in [0.15, 0.2) is 30.3 Å². The fourth-order valence-corrected chi connectivity index (χ4v) is 2.50. The first-order valence-corrected chi connectivity index (χ1v) is 6.67. The number of likely N-dealkylation sites (N-methyl/N-ethyl adjacent to an activating group) is 1. The highest BCUT2D eigenvalue weighted by atomic mass is 16.5. The summed E-state index contributed by atoms with van der Waals surface area (Å²) in [7, 11) is 2.12. The third-order valence-corrected chi connectivity index (χ3v) is 4.01. The summed E-state index contributed by atoms with van der Waals surface area (Å²) in [5, 5.41) is 0. The standard InChI is InChI=1S/C15H22NO3/c1-12-15(14-7-5-4-6-8-14)18-10-9-16(12,3)11-19-13(2)17/h4-8,12,15H,9-11H2,1-3H3/q+1. The van der Waals surface area contributed by atoms with Crippen LogP contribution < -0.4 is 0 Å². The Bertz CT molecular complexity index is 434. The number of hydrogen-bond acceptors (Lipinski definition) is 3. The molecule has 0 bridgehead atoms. The molecule has 0 aromatic heterocycles. The van der Waals surface area contributed by atoms with Crippen LogP contribution in [0.5, 0.6) is 0 Å². The lowest BCUT2D eigenvalue weighted by atomic mass is 9.99. The molecule has 0 aliphatic carbocycles. The molecule has 0 N–H and O–H groups in total. The second-order valence-corrected chi connectivity index (χ2v) is 5.41. The number of carbonyl (C=O) groups excluding carboxylic acids is 1. The van der Waals surface area contributed by atoms with E-state index in [1.54, 1.807) is 0 Å². The molecule has 19 heavy (non-hydrogen) atoms. The topological polar surface area (TPSA) is 35.5 Å². The van der Waals surface area contributed by atoms with Crippen molar-refractivity contribution >= 4 is 5.97 Å². The first-order chi connectivity index (χ1) is 9.03. The van der Waals surface area contributed by atoms with Gasteiger partial charge in [-0.15, -0.1) is 0 Å². The van der Waals surface area contributed by atoms with Crippen molar-refractivity contribution in [2.24, 2.45) is 0 Å². The van der Waals surface area contributed by atoms with Gasteiger partial charge in [-0.05, 0) is 12.5 Å². The predicted molar refractivity (Wildman–Crippen MR) is 72.3 cm³/mol. The summed E-state index contributed by atoms with van der Waals surface area (Å²) in [5.74, 6) is -0.227. The summed E-state index contributed by atoms with van der Waals surface area (Å²) >= 11 is 0. The van der Waals surface area contributed by atoms with Crippen LogP contribution in [-0.4, -0.2) is 43.4 Å². The first-order valence-electron chi connectivity index (χ1n) is 6.67. The van der Waals surface area contributed by atoms with Gasteiger partial charge in [-0.2, -0.15) is 0 Å². The van der Waals surface area contributed by atoms with Crippen molar-refractivity contribution in [3.05, 3.63) is 35.9 Å². The highest BCUT2D eigenvalue weighted by Gasteiger charge is 2.41. The lowest BCUT2D eigenvalue weighted by Crippen LogP contribution is -2.59. The molecule has 1 aliphatic rings. The molecule has 4 heteroatoms. The Kier molecular flexibility index (Phi) is 4.22. The van der Waals surface area contributed by atoms with Crippen LogP contribution in [-0.2, 0) is 14.3 Å². The van der Waals surface area contributed by atoms with Gasteiger partial charge in [0.2, 0.25) is 6.73 Å². The summed E-state index contributed by atoms with van der Waals surface area (Å²) in [5.41, 5.74) is 1.18. The van der Waals surface area contributed by atoms with Crippen LogP contribution in [0.3, 0.4) is 0 Å². The van der Waals surface area contributed by atoms with E-state index in [0.717, 1.165) is 6.54 Å². The Morgan fingerprint density at radius 3 is 2.74 bits per heavy atom. The second kappa shape index (κ2) is 5.72. The third kappa shape index (κ3) is 3.14. The van der Waals surface area contributed by atoms with Crippen LogP contribution in [0.25, 0.3) is 0 Å². The van der Waals surface area contributed by atoms with E-state index < -0.39 is 0 Å². The van der Waals surface area contributed by atoms with Crippen LogP contribution in [0.4, 0.5) is 0 Å². The van der Waals surface area contributed by atoms with Gasteiger partial charge in [0.1, 0.15) is 18.7 Å². The molecular weight excluding hydrogens is 242 g/mol. The molecule has 0 radical (unpaired) electrons. The number of carbonyl (C=O) groups is 1. The van der Waals surface area contributed by atoms with Crippen LogP contribution >= 0.6 is 0 Å². The molecule has 1 aromatic carbocycles.